The predicted octanol–water partition coefficient (Wildman–Crippen LogP) is 3.86. The molecule has 0 aliphatic carbocycles. The second-order valence-electron chi connectivity index (χ2n) is 6.31. The summed E-state index contributed by atoms with van der Waals surface area (Å²) in [5.41, 5.74) is 1.86. The number of ether oxygens (including phenoxy) is 1. The number of methoxy groups -OCH3 is 1. The van der Waals surface area contributed by atoms with Crippen molar-refractivity contribution in [2.75, 3.05) is 13.7 Å². The van der Waals surface area contributed by atoms with Gasteiger partial charge in [-0.2, -0.15) is 0 Å². The lowest BCUT2D eigenvalue weighted by Crippen LogP contribution is -2.46. The Morgan fingerprint density at radius 1 is 1.12 bits per heavy atom. The van der Waals surface area contributed by atoms with Gasteiger partial charge < -0.3 is 9.84 Å². The number of likely N-dealkylation sites (tertiary alicyclic amines) is 1. The van der Waals surface area contributed by atoms with Crippen molar-refractivity contribution >= 4 is 5.97 Å². The highest BCUT2D eigenvalue weighted by Gasteiger charge is 2.35. The third-order valence-corrected chi connectivity index (χ3v) is 4.78. The molecule has 1 N–H and O–H groups in total. The smallest absolute Gasteiger partial charge is 0.320 e. The van der Waals surface area contributed by atoms with Crippen LogP contribution in [0, 0.1) is 5.82 Å². The summed E-state index contributed by atoms with van der Waals surface area (Å²) < 4.78 is 18.6. The van der Waals surface area contributed by atoms with E-state index in [9.17, 15) is 14.3 Å². The van der Waals surface area contributed by atoms with Gasteiger partial charge in [-0.1, -0.05) is 30.7 Å². The molecule has 0 radical (unpaired) electrons. The number of hydrogen-bond donors (Lipinski definition) is 1. The summed E-state index contributed by atoms with van der Waals surface area (Å²) in [6, 6.07) is 13.2. The summed E-state index contributed by atoms with van der Waals surface area (Å²) >= 11 is 0. The van der Waals surface area contributed by atoms with Crippen molar-refractivity contribution in [3.05, 3.63) is 65.5 Å². The average Bonchev–Trinajstić information content (AvgIpc) is 2.64. The fourth-order valence-electron chi connectivity index (χ4n) is 3.53. The molecule has 0 aromatic heterocycles. The SMILES string of the molecule is COc1ccc(C(c2ccc(F)cc2)N2CCCCC2C(=O)O)cc1. The van der Waals surface area contributed by atoms with Gasteiger partial charge in [0.05, 0.1) is 13.2 Å². The molecule has 2 aromatic rings. The number of piperidine rings is 1. The van der Waals surface area contributed by atoms with Crippen LogP contribution in [-0.4, -0.2) is 35.7 Å². The van der Waals surface area contributed by atoms with E-state index in [1.165, 1.54) is 12.1 Å². The first-order valence-corrected chi connectivity index (χ1v) is 8.48. The third-order valence-electron chi connectivity index (χ3n) is 4.78. The number of aliphatic carboxylic acids is 1. The lowest BCUT2D eigenvalue weighted by Gasteiger charge is -2.39. The van der Waals surface area contributed by atoms with Crippen molar-refractivity contribution in [3.8, 4) is 5.75 Å². The van der Waals surface area contributed by atoms with Crippen LogP contribution < -0.4 is 4.74 Å². The fourth-order valence-corrected chi connectivity index (χ4v) is 3.53. The Morgan fingerprint density at radius 3 is 2.28 bits per heavy atom. The van der Waals surface area contributed by atoms with Crippen molar-refractivity contribution < 1.29 is 19.0 Å². The lowest BCUT2D eigenvalue weighted by molar-refractivity contribution is -0.145. The Bertz CT molecular complexity index is 715. The maximum absolute atomic E-state index is 13.4. The van der Waals surface area contributed by atoms with E-state index in [0.717, 1.165) is 29.7 Å². The molecule has 4 nitrogen and oxygen atoms in total. The minimum absolute atomic E-state index is 0.229. The van der Waals surface area contributed by atoms with E-state index in [-0.39, 0.29) is 11.9 Å². The molecule has 1 fully saturated rings. The number of halogens is 1. The summed E-state index contributed by atoms with van der Waals surface area (Å²) in [6.45, 7) is 0.699. The lowest BCUT2D eigenvalue weighted by atomic mass is 9.91. The van der Waals surface area contributed by atoms with Crippen LogP contribution >= 0.6 is 0 Å². The van der Waals surface area contributed by atoms with E-state index >= 15 is 0 Å². The van der Waals surface area contributed by atoms with Gasteiger partial charge in [0, 0.05) is 0 Å². The summed E-state index contributed by atoms with van der Waals surface area (Å²) in [6.07, 6.45) is 2.49. The first-order valence-electron chi connectivity index (χ1n) is 8.48. The maximum atomic E-state index is 13.4. The Morgan fingerprint density at radius 2 is 1.72 bits per heavy atom. The Kier molecular flexibility index (Phi) is 5.34. The van der Waals surface area contributed by atoms with Gasteiger partial charge in [0.25, 0.3) is 0 Å². The highest BCUT2D eigenvalue weighted by molar-refractivity contribution is 5.73. The molecule has 1 heterocycles. The van der Waals surface area contributed by atoms with E-state index in [2.05, 4.69) is 0 Å². The monoisotopic (exact) mass is 343 g/mol. The van der Waals surface area contributed by atoms with E-state index in [1.54, 1.807) is 19.2 Å². The van der Waals surface area contributed by atoms with E-state index in [1.807, 2.05) is 29.2 Å². The number of carboxylic acids is 1. The van der Waals surface area contributed by atoms with Crippen molar-refractivity contribution in [1.82, 2.24) is 4.90 Å². The minimum Gasteiger partial charge on any atom is -0.497 e. The maximum Gasteiger partial charge on any atom is 0.320 e. The molecule has 3 rings (SSSR count). The van der Waals surface area contributed by atoms with Crippen molar-refractivity contribution in [1.29, 1.82) is 0 Å². The molecule has 0 saturated carbocycles. The molecular weight excluding hydrogens is 321 g/mol. The van der Waals surface area contributed by atoms with Crippen molar-refractivity contribution in [3.63, 3.8) is 0 Å². The Hall–Kier alpha value is -2.40. The number of rotatable bonds is 5. The molecule has 0 spiro atoms. The van der Waals surface area contributed by atoms with Gasteiger partial charge >= 0.3 is 5.97 Å². The zero-order chi connectivity index (χ0) is 17.8. The second-order valence-corrected chi connectivity index (χ2v) is 6.31. The van der Waals surface area contributed by atoms with Crippen LogP contribution in [0.2, 0.25) is 0 Å². The number of nitrogens with zero attached hydrogens (tertiary/aromatic N) is 1. The predicted molar refractivity (Wildman–Crippen MR) is 93.2 cm³/mol. The molecule has 5 heteroatoms. The highest BCUT2D eigenvalue weighted by Crippen LogP contribution is 2.35. The highest BCUT2D eigenvalue weighted by atomic mass is 19.1. The molecule has 1 saturated heterocycles. The molecular formula is C20H22FNO3. The summed E-state index contributed by atoms with van der Waals surface area (Å²) in [4.78, 5) is 13.8. The first kappa shape index (κ1) is 17.4. The Balaban J connectivity index is 2.03. The molecule has 1 aliphatic heterocycles. The summed E-state index contributed by atoms with van der Waals surface area (Å²) in [5, 5.41) is 9.66. The molecule has 2 unspecified atom stereocenters. The second kappa shape index (κ2) is 7.66. The molecule has 2 aromatic carbocycles. The van der Waals surface area contributed by atoms with Gasteiger partial charge in [0.1, 0.15) is 17.6 Å². The topological polar surface area (TPSA) is 49.8 Å². The minimum atomic E-state index is -0.805. The van der Waals surface area contributed by atoms with Gasteiger partial charge in [-0.25, -0.2) is 4.39 Å². The van der Waals surface area contributed by atoms with Crippen LogP contribution in [0.1, 0.15) is 36.4 Å². The van der Waals surface area contributed by atoms with Crippen molar-refractivity contribution in [2.45, 2.75) is 31.3 Å². The van der Waals surface area contributed by atoms with E-state index in [0.29, 0.717) is 13.0 Å². The van der Waals surface area contributed by atoms with Gasteiger partial charge in [-0.3, -0.25) is 9.69 Å². The number of carbonyl (C=O) groups is 1. The standard InChI is InChI=1S/C20H22FNO3/c1-25-17-11-7-15(8-12-17)19(14-5-9-16(21)10-6-14)22-13-3-2-4-18(22)20(23)24/h5-12,18-19H,2-4,13H2,1H3,(H,23,24). The normalized spacial score (nSPS) is 19.4. The van der Waals surface area contributed by atoms with Crippen molar-refractivity contribution in [2.24, 2.45) is 0 Å². The van der Waals surface area contributed by atoms with Gasteiger partial charge in [0.2, 0.25) is 0 Å². The largest absolute Gasteiger partial charge is 0.497 e. The number of benzene rings is 2. The van der Waals surface area contributed by atoms with E-state index < -0.39 is 12.0 Å². The number of hydrogen-bond acceptors (Lipinski definition) is 3. The van der Waals surface area contributed by atoms with Gasteiger partial charge in [-0.15, -0.1) is 0 Å². The molecule has 2 atom stereocenters. The summed E-state index contributed by atoms with van der Waals surface area (Å²) in [5.74, 6) is -0.360. The van der Waals surface area contributed by atoms with Gasteiger partial charge in [0.15, 0.2) is 0 Å². The van der Waals surface area contributed by atoms with Crippen LogP contribution in [0.3, 0.4) is 0 Å². The zero-order valence-corrected chi connectivity index (χ0v) is 14.2. The van der Waals surface area contributed by atoms with Crippen LogP contribution in [0.15, 0.2) is 48.5 Å². The molecule has 0 amide bonds. The van der Waals surface area contributed by atoms with Crippen LogP contribution in [-0.2, 0) is 4.79 Å². The first-order chi connectivity index (χ1) is 12.1. The van der Waals surface area contributed by atoms with Crippen LogP contribution in [0.25, 0.3) is 0 Å². The number of carboxylic acid groups (broad SMARTS) is 1. The quantitative estimate of drug-likeness (QED) is 0.895. The molecule has 0 bridgehead atoms. The zero-order valence-electron chi connectivity index (χ0n) is 14.2. The van der Waals surface area contributed by atoms with E-state index in [4.69, 9.17) is 4.74 Å². The molecule has 132 valence electrons. The van der Waals surface area contributed by atoms with Gasteiger partial charge in [-0.05, 0) is 54.8 Å². The third kappa shape index (κ3) is 3.82. The Labute approximate surface area is 146 Å². The van der Waals surface area contributed by atoms with Crippen LogP contribution in [0.5, 0.6) is 5.75 Å². The average molecular weight is 343 g/mol. The molecule has 1 aliphatic rings. The molecule has 25 heavy (non-hydrogen) atoms. The van der Waals surface area contributed by atoms with Crippen LogP contribution in [0.4, 0.5) is 4.39 Å². The summed E-state index contributed by atoms with van der Waals surface area (Å²) in [7, 11) is 1.61. The fraction of sp³-hybridized carbons (Fsp3) is 0.350.